The molecule has 164 valence electrons. The Kier molecular flexibility index (Phi) is 8.48. The minimum Gasteiger partial charge on any atom is -0.367 e. The maximum absolute atomic E-state index is 12.7. The molecule has 1 aromatic carbocycles. The lowest BCUT2D eigenvalue weighted by atomic mass is 10.1. The van der Waals surface area contributed by atoms with Gasteiger partial charge >= 0.3 is 7.60 Å². The summed E-state index contributed by atoms with van der Waals surface area (Å²) in [4.78, 5) is 10.8. The minimum absolute atomic E-state index is 0.286. The number of rotatable bonds is 10. The zero-order chi connectivity index (χ0) is 21.4. The third kappa shape index (κ3) is 6.93. The molecule has 3 rings (SSSR count). The molecular formula is C20H29ClN5O3P. The van der Waals surface area contributed by atoms with E-state index in [9.17, 15) is 4.57 Å². The summed E-state index contributed by atoms with van der Waals surface area (Å²) in [5.74, 6) is 1.46. The average molecular weight is 454 g/mol. The van der Waals surface area contributed by atoms with Crippen molar-refractivity contribution >= 4 is 36.5 Å². The molecule has 10 heteroatoms. The molecule has 0 amide bonds. The van der Waals surface area contributed by atoms with Crippen molar-refractivity contribution in [2.75, 3.05) is 43.2 Å². The molecule has 1 aliphatic heterocycles. The molecule has 1 saturated heterocycles. The van der Waals surface area contributed by atoms with Gasteiger partial charge in [0.15, 0.2) is 0 Å². The van der Waals surface area contributed by atoms with E-state index in [0.717, 1.165) is 37.4 Å². The largest absolute Gasteiger partial charge is 0.367 e. The normalized spacial score (nSPS) is 15.8. The molecule has 0 bridgehead atoms. The maximum Gasteiger partial charge on any atom is 0.344 e. The van der Waals surface area contributed by atoms with E-state index in [1.165, 1.54) is 6.33 Å². The van der Waals surface area contributed by atoms with Gasteiger partial charge in [0, 0.05) is 35.9 Å². The predicted octanol–water partition coefficient (Wildman–Crippen LogP) is 4.97. The van der Waals surface area contributed by atoms with Gasteiger partial charge in [-0.25, -0.2) is 9.97 Å². The number of aromatic nitrogens is 2. The predicted molar refractivity (Wildman–Crippen MR) is 121 cm³/mol. The molecule has 8 nitrogen and oxygen atoms in total. The Labute approximate surface area is 182 Å². The van der Waals surface area contributed by atoms with Crippen molar-refractivity contribution in [1.29, 1.82) is 0 Å². The number of piperidine rings is 1. The van der Waals surface area contributed by atoms with E-state index in [0.29, 0.717) is 30.3 Å². The second-order valence-corrected chi connectivity index (χ2v) is 9.51. The summed E-state index contributed by atoms with van der Waals surface area (Å²) in [5.41, 5.74) is 0.869. The third-order valence-corrected chi connectivity index (χ3v) is 7.01. The smallest absolute Gasteiger partial charge is 0.344 e. The van der Waals surface area contributed by atoms with Crippen molar-refractivity contribution in [3.05, 3.63) is 41.7 Å². The second kappa shape index (κ2) is 11.1. The molecule has 1 fully saturated rings. The zero-order valence-electron chi connectivity index (χ0n) is 17.4. The fourth-order valence-corrected chi connectivity index (χ4v) is 5.39. The van der Waals surface area contributed by atoms with Gasteiger partial charge in [-0.05, 0) is 44.9 Å². The van der Waals surface area contributed by atoms with Gasteiger partial charge in [0.2, 0.25) is 0 Å². The molecule has 0 spiro atoms. The molecule has 0 saturated carbocycles. The monoisotopic (exact) mass is 453 g/mol. The first-order chi connectivity index (χ1) is 14.5. The summed E-state index contributed by atoms with van der Waals surface area (Å²) in [7, 11) is -3.05. The van der Waals surface area contributed by atoms with E-state index in [1.807, 2.05) is 44.2 Å². The number of hydrogen-bond donors (Lipinski definition) is 2. The van der Waals surface area contributed by atoms with E-state index in [4.69, 9.17) is 20.6 Å². The van der Waals surface area contributed by atoms with Gasteiger partial charge in [-0.3, -0.25) is 9.46 Å². The van der Waals surface area contributed by atoms with E-state index in [2.05, 4.69) is 25.5 Å². The number of anilines is 3. The summed E-state index contributed by atoms with van der Waals surface area (Å²) in [6, 6.07) is 9.65. The van der Waals surface area contributed by atoms with Crippen molar-refractivity contribution in [1.82, 2.24) is 14.9 Å². The highest BCUT2D eigenvalue weighted by Gasteiger charge is 2.29. The third-order valence-electron chi connectivity index (χ3n) is 4.73. The lowest BCUT2D eigenvalue weighted by Gasteiger charge is -2.34. The highest BCUT2D eigenvalue weighted by atomic mass is 35.5. The van der Waals surface area contributed by atoms with Crippen LogP contribution in [0.4, 0.5) is 17.3 Å². The summed E-state index contributed by atoms with van der Waals surface area (Å²) >= 11 is 6.04. The van der Waals surface area contributed by atoms with E-state index >= 15 is 0 Å². The maximum atomic E-state index is 12.7. The number of nitrogens with one attached hydrogen (secondary N) is 2. The summed E-state index contributed by atoms with van der Waals surface area (Å²) in [5, 5.41) is 7.38. The van der Waals surface area contributed by atoms with Gasteiger partial charge in [-0.2, -0.15) is 0 Å². The second-order valence-electron chi connectivity index (χ2n) is 7.05. The molecular weight excluding hydrogens is 425 g/mol. The van der Waals surface area contributed by atoms with Gasteiger partial charge in [0.1, 0.15) is 24.2 Å². The van der Waals surface area contributed by atoms with Gasteiger partial charge < -0.3 is 19.7 Å². The van der Waals surface area contributed by atoms with E-state index in [-0.39, 0.29) is 6.04 Å². The lowest BCUT2D eigenvalue weighted by molar-refractivity contribution is 0.182. The van der Waals surface area contributed by atoms with Crippen molar-refractivity contribution in [2.45, 2.75) is 32.7 Å². The van der Waals surface area contributed by atoms with Crippen LogP contribution in [0, 0.1) is 0 Å². The molecule has 2 N–H and O–H groups in total. The van der Waals surface area contributed by atoms with Crippen molar-refractivity contribution < 1.29 is 13.6 Å². The Balaban J connectivity index is 1.52. The highest BCUT2D eigenvalue weighted by Crippen LogP contribution is 2.48. The molecule has 2 aromatic rings. The van der Waals surface area contributed by atoms with Crippen LogP contribution in [0.15, 0.2) is 36.7 Å². The molecule has 1 aliphatic rings. The fraction of sp³-hybridized carbons (Fsp3) is 0.500. The van der Waals surface area contributed by atoms with Gasteiger partial charge in [-0.15, -0.1) is 0 Å². The Hall–Kier alpha value is -1.70. The van der Waals surface area contributed by atoms with Crippen LogP contribution in [0.2, 0.25) is 5.02 Å². The van der Waals surface area contributed by atoms with Crippen LogP contribution < -0.4 is 10.6 Å². The van der Waals surface area contributed by atoms with Crippen LogP contribution in [0.1, 0.15) is 26.7 Å². The van der Waals surface area contributed by atoms with Gasteiger partial charge in [-0.1, -0.05) is 17.7 Å². The Bertz CT molecular complexity index is 854. The van der Waals surface area contributed by atoms with Crippen LogP contribution in [-0.4, -0.2) is 53.5 Å². The summed E-state index contributed by atoms with van der Waals surface area (Å²) in [6.45, 7) is 6.07. The molecule has 0 radical (unpaired) electrons. The van der Waals surface area contributed by atoms with Crippen molar-refractivity contribution in [3.63, 3.8) is 0 Å². The number of hydrogen-bond acceptors (Lipinski definition) is 8. The average Bonchev–Trinajstić information content (AvgIpc) is 2.70. The fourth-order valence-electron chi connectivity index (χ4n) is 3.40. The van der Waals surface area contributed by atoms with Crippen LogP contribution >= 0.6 is 19.2 Å². The first kappa shape index (κ1) is 23.0. The molecule has 0 unspecified atom stereocenters. The Morgan fingerprint density at radius 3 is 2.50 bits per heavy atom. The Morgan fingerprint density at radius 2 is 1.83 bits per heavy atom. The van der Waals surface area contributed by atoms with Crippen LogP contribution in [0.3, 0.4) is 0 Å². The lowest BCUT2D eigenvalue weighted by Crippen LogP contribution is -2.39. The molecule has 0 atom stereocenters. The summed E-state index contributed by atoms with van der Waals surface area (Å²) < 4.78 is 23.5. The number of nitrogens with zero attached hydrogens (tertiary/aromatic N) is 3. The number of likely N-dealkylation sites (tertiary alicyclic amines) is 1. The van der Waals surface area contributed by atoms with Gasteiger partial charge in [0.05, 0.1) is 13.2 Å². The zero-order valence-corrected chi connectivity index (χ0v) is 19.0. The van der Waals surface area contributed by atoms with Crippen LogP contribution in [0.5, 0.6) is 0 Å². The molecule has 0 aliphatic carbocycles. The Morgan fingerprint density at radius 1 is 1.13 bits per heavy atom. The molecule has 30 heavy (non-hydrogen) atoms. The molecule has 1 aromatic heterocycles. The highest BCUT2D eigenvalue weighted by molar-refractivity contribution is 7.53. The first-order valence-electron chi connectivity index (χ1n) is 10.2. The molecule has 2 heterocycles. The first-order valence-corrected chi connectivity index (χ1v) is 12.3. The summed E-state index contributed by atoms with van der Waals surface area (Å²) in [6.07, 6.45) is 3.70. The SMILES string of the molecule is CCOP(=O)(CN1CCC(Nc2cc(Nc3cccc(Cl)c3)ncn2)CC1)OCC. The number of benzene rings is 1. The van der Waals surface area contributed by atoms with E-state index in [1.54, 1.807) is 0 Å². The standard InChI is InChI=1S/C20H29ClN5O3P/c1-3-28-30(27,29-4-2)15-26-10-8-17(9-11-26)24-19-13-20(23-14-22-19)25-18-7-5-6-16(21)12-18/h5-7,12-14,17H,3-4,8-11,15H2,1-2H3,(H2,22,23,24,25). The van der Waals surface area contributed by atoms with Crippen LogP contribution in [-0.2, 0) is 13.6 Å². The number of halogens is 1. The van der Waals surface area contributed by atoms with Gasteiger partial charge in [0.25, 0.3) is 0 Å². The van der Waals surface area contributed by atoms with Crippen molar-refractivity contribution in [2.24, 2.45) is 0 Å². The van der Waals surface area contributed by atoms with E-state index < -0.39 is 7.60 Å². The topological polar surface area (TPSA) is 88.6 Å². The van der Waals surface area contributed by atoms with Crippen molar-refractivity contribution in [3.8, 4) is 0 Å². The minimum atomic E-state index is -3.05. The quantitative estimate of drug-likeness (QED) is 0.487. The van der Waals surface area contributed by atoms with Crippen LogP contribution in [0.25, 0.3) is 0 Å².